The van der Waals surface area contributed by atoms with Crippen molar-refractivity contribution < 1.29 is 9.59 Å². The molecule has 0 aliphatic carbocycles. The van der Waals surface area contributed by atoms with Crippen LogP contribution in [0.1, 0.15) is 40.7 Å². The van der Waals surface area contributed by atoms with Crippen molar-refractivity contribution >= 4 is 34.9 Å². The second-order valence-corrected chi connectivity index (χ2v) is 6.64. The molecule has 0 saturated carbocycles. The lowest BCUT2D eigenvalue weighted by atomic mass is 10.2. The van der Waals surface area contributed by atoms with Gasteiger partial charge >= 0.3 is 0 Å². The number of hydrogen-bond acceptors (Lipinski definition) is 4. The molecule has 0 bridgehead atoms. The zero-order valence-electron chi connectivity index (χ0n) is 15.1. The molecule has 0 atom stereocenters. The lowest BCUT2D eigenvalue weighted by molar-refractivity contribution is 0.101. The van der Waals surface area contributed by atoms with Crippen LogP contribution in [-0.4, -0.2) is 31.4 Å². The first-order chi connectivity index (χ1) is 12.8. The lowest BCUT2D eigenvalue weighted by Gasteiger charge is -2.06. The van der Waals surface area contributed by atoms with Gasteiger partial charge in [0.25, 0.3) is 11.8 Å². The normalized spacial score (nSPS) is 10.9. The Labute approximate surface area is 161 Å². The van der Waals surface area contributed by atoms with Crippen LogP contribution in [0.15, 0.2) is 42.7 Å². The van der Waals surface area contributed by atoms with Crippen molar-refractivity contribution in [3.8, 4) is 0 Å². The predicted octanol–water partition coefficient (Wildman–Crippen LogP) is 3.36. The number of rotatable bonds is 5. The molecule has 8 nitrogen and oxygen atoms in total. The summed E-state index contributed by atoms with van der Waals surface area (Å²) in [5, 5.41) is 14.1. The van der Waals surface area contributed by atoms with Gasteiger partial charge in [0.1, 0.15) is 5.82 Å². The summed E-state index contributed by atoms with van der Waals surface area (Å²) in [6.45, 7) is 3.98. The van der Waals surface area contributed by atoms with Gasteiger partial charge in [-0.1, -0.05) is 23.7 Å². The number of halogens is 1. The van der Waals surface area contributed by atoms with Gasteiger partial charge in [-0.2, -0.15) is 10.2 Å². The zero-order chi connectivity index (χ0) is 19.6. The summed E-state index contributed by atoms with van der Waals surface area (Å²) in [5.74, 6) is -0.399. The van der Waals surface area contributed by atoms with Crippen molar-refractivity contribution in [3.05, 3.63) is 59.0 Å². The summed E-state index contributed by atoms with van der Waals surface area (Å²) >= 11 is 6.04. The fraction of sp³-hybridized carbons (Fsp3) is 0.222. The average Bonchev–Trinajstić information content (AvgIpc) is 3.22. The van der Waals surface area contributed by atoms with Crippen LogP contribution in [0.4, 0.5) is 11.5 Å². The van der Waals surface area contributed by atoms with Crippen molar-refractivity contribution in [3.63, 3.8) is 0 Å². The number of carbonyl (C=O) groups excluding carboxylic acids is 2. The van der Waals surface area contributed by atoms with Crippen LogP contribution in [0.25, 0.3) is 0 Å². The van der Waals surface area contributed by atoms with Crippen LogP contribution < -0.4 is 10.6 Å². The number of benzene rings is 1. The highest BCUT2D eigenvalue weighted by Gasteiger charge is 2.17. The molecule has 27 heavy (non-hydrogen) atoms. The molecule has 9 heteroatoms. The van der Waals surface area contributed by atoms with Crippen LogP contribution in [0.2, 0.25) is 5.02 Å². The third kappa shape index (κ3) is 4.17. The number of nitrogens with one attached hydrogen (secondary N) is 2. The van der Waals surface area contributed by atoms with E-state index in [1.807, 2.05) is 13.8 Å². The Morgan fingerprint density at radius 1 is 1.15 bits per heavy atom. The van der Waals surface area contributed by atoms with Gasteiger partial charge in [0, 0.05) is 25.4 Å². The first kappa shape index (κ1) is 18.7. The quantitative estimate of drug-likeness (QED) is 0.703. The number of amides is 2. The van der Waals surface area contributed by atoms with Crippen molar-refractivity contribution in [1.82, 2.24) is 19.6 Å². The molecule has 0 unspecified atom stereocenters. The van der Waals surface area contributed by atoms with Gasteiger partial charge < -0.3 is 10.6 Å². The molecule has 2 heterocycles. The van der Waals surface area contributed by atoms with Gasteiger partial charge in [0.15, 0.2) is 5.69 Å². The van der Waals surface area contributed by atoms with Gasteiger partial charge in [-0.25, -0.2) is 0 Å². The highest BCUT2D eigenvalue weighted by Crippen LogP contribution is 2.18. The molecule has 3 rings (SSSR count). The Bertz CT molecular complexity index is 991. The van der Waals surface area contributed by atoms with Crippen LogP contribution >= 0.6 is 11.6 Å². The third-order valence-electron chi connectivity index (χ3n) is 3.86. The van der Waals surface area contributed by atoms with E-state index >= 15 is 0 Å². The minimum absolute atomic E-state index is 0.171. The summed E-state index contributed by atoms with van der Waals surface area (Å²) in [4.78, 5) is 24.8. The maximum Gasteiger partial charge on any atom is 0.276 e. The van der Waals surface area contributed by atoms with Gasteiger partial charge in [-0.3, -0.25) is 19.0 Å². The van der Waals surface area contributed by atoms with Crippen molar-refractivity contribution in [2.45, 2.75) is 19.9 Å². The Hall–Kier alpha value is -3.13. The van der Waals surface area contributed by atoms with E-state index in [0.717, 1.165) is 0 Å². The minimum atomic E-state index is -0.396. The van der Waals surface area contributed by atoms with E-state index in [-0.39, 0.29) is 17.6 Å². The topological polar surface area (TPSA) is 93.8 Å². The molecular formula is C18H19ClN6O2. The number of anilines is 2. The molecule has 2 N–H and O–H groups in total. The monoisotopic (exact) mass is 386 g/mol. The van der Waals surface area contributed by atoms with Gasteiger partial charge in [-0.05, 0) is 26.0 Å². The minimum Gasteiger partial charge on any atom is -0.318 e. The number of aryl methyl sites for hydroxylation is 1. The Morgan fingerprint density at radius 3 is 2.56 bits per heavy atom. The number of carbonyl (C=O) groups is 2. The molecule has 2 aromatic heterocycles. The van der Waals surface area contributed by atoms with Gasteiger partial charge in [0.2, 0.25) is 0 Å². The van der Waals surface area contributed by atoms with Crippen molar-refractivity contribution in [2.24, 2.45) is 7.05 Å². The number of hydrogen-bond donors (Lipinski definition) is 2. The van der Waals surface area contributed by atoms with Crippen molar-refractivity contribution in [1.29, 1.82) is 0 Å². The SMILES string of the molecule is CC(C)n1cc(NC(=O)c2cc(NC(=O)c3ccccc3Cl)n(C)n2)cn1. The molecule has 0 aliphatic heterocycles. The maximum absolute atomic E-state index is 12.4. The highest BCUT2D eigenvalue weighted by atomic mass is 35.5. The standard InChI is InChI=1S/C18H19ClN6O2/c1-11(2)25-10-12(9-20-25)21-18(27)15-8-16(24(3)23-15)22-17(26)13-6-4-5-7-14(13)19/h4-11H,1-3H3,(H,21,27)(H,22,26). The van der Waals surface area contributed by atoms with E-state index < -0.39 is 5.91 Å². The molecular weight excluding hydrogens is 368 g/mol. The molecule has 0 aliphatic rings. The van der Waals surface area contributed by atoms with E-state index in [2.05, 4.69) is 20.8 Å². The second-order valence-electron chi connectivity index (χ2n) is 6.23. The molecule has 1 aromatic carbocycles. The predicted molar refractivity (Wildman–Crippen MR) is 103 cm³/mol. The molecule has 0 fully saturated rings. The summed E-state index contributed by atoms with van der Waals surface area (Å²) in [6, 6.07) is 8.41. The largest absolute Gasteiger partial charge is 0.318 e. The molecule has 3 aromatic rings. The molecule has 0 radical (unpaired) electrons. The molecule has 140 valence electrons. The van der Waals surface area contributed by atoms with Crippen LogP contribution in [0, 0.1) is 0 Å². The summed E-state index contributed by atoms with van der Waals surface area (Å²) < 4.78 is 3.16. The summed E-state index contributed by atoms with van der Waals surface area (Å²) in [6.07, 6.45) is 3.31. The Kier molecular flexibility index (Phi) is 5.27. The van der Waals surface area contributed by atoms with Gasteiger partial charge in [-0.15, -0.1) is 0 Å². The average molecular weight is 387 g/mol. The van der Waals surface area contributed by atoms with E-state index in [0.29, 0.717) is 22.1 Å². The van der Waals surface area contributed by atoms with Crippen LogP contribution in [0.5, 0.6) is 0 Å². The van der Waals surface area contributed by atoms with E-state index in [4.69, 9.17) is 11.6 Å². The Balaban J connectivity index is 1.72. The first-order valence-electron chi connectivity index (χ1n) is 8.30. The first-order valence-corrected chi connectivity index (χ1v) is 8.68. The second kappa shape index (κ2) is 7.63. The highest BCUT2D eigenvalue weighted by molar-refractivity contribution is 6.34. The van der Waals surface area contributed by atoms with Crippen LogP contribution in [0.3, 0.4) is 0 Å². The maximum atomic E-state index is 12.4. The summed E-state index contributed by atoms with van der Waals surface area (Å²) in [5.41, 5.74) is 1.08. The fourth-order valence-corrected chi connectivity index (χ4v) is 2.63. The number of aromatic nitrogens is 4. The molecule has 0 saturated heterocycles. The molecule has 0 spiro atoms. The summed E-state index contributed by atoms with van der Waals surface area (Å²) in [7, 11) is 1.63. The van der Waals surface area contributed by atoms with E-state index in [9.17, 15) is 9.59 Å². The van der Waals surface area contributed by atoms with Crippen molar-refractivity contribution in [2.75, 3.05) is 10.6 Å². The van der Waals surface area contributed by atoms with Gasteiger partial charge in [0.05, 0.1) is 22.5 Å². The smallest absolute Gasteiger partial charge is 0.276 e. The third-order valence-corrected chi connectivity index (χ3v) is 4.19. The van der Waals surface area contributed by atoms with E-state index in [1.165, 1.54) is 10.7 Å². The lowest BCUT2D eigenvalue weighted by Crippen LogP contribution is -2.14. The van der Waals surface area contributed by atoms with Crippen LogP contribution in [-0.2, 0) is 7.05 Å². The van der Waals surface area contributed by atoms with E-state index in [1.54, 1.807) is 48.4 Å². The molecule has 2 amide bonds. The Morgan fingerprint density at radius 2 is 1.89 bits per heavy atom. The number of nitrogens with zero attached hydrogens (tertiary/aromatic N) is 4. The zero-order valence-corrected chi connectivity index (χ0v) is 15.9. The fourth-order valence-electron chi connectivity index (χ4n) is 2.40.